The molecular formula is C9H13N3O4S. The first-order valence-corrected chi connectivity index (χ1v) is 6.31. The number of nitrogens with two attached hydrogens (primary N) is 1. The quantitative estimate of drug-likeness (QED) is 0.576. The number of nitro benzene ring substituents is 1. The highest BCUT2D eigenvalue weighted by Gasteiger charge is 2.17. The number of aryl methyl sites for hydroxylation is 1. The van der Waals surface area contributed by atoms with Crippen molar-refractivity contribution >= 4 is 15.7 Å². The normalized spacial score (nSPS) is 11.4. The lowest BCUT2D eigenvalue weighted by Gasteiger charge is -2.06. The van der Waals surface area contributed by atoms with Crippen LogP contribution < -0.4 is 10.5 Å². The van der Waals surface area contributed by atoms with Crippen LogP contribution >= 0.6 is 0 Å². The van der Waals surface area contributed by atoms with Gasteiger partial charge in [-0.1, -0.05) is 0 Å². The summed E-state index contributed by atoms with van der Waals surface area (Å²) in [7, 11) is -3.64. The van der Waals surface area contributed by atoms with Crippen LogP contribution in [-0.2, 0) is 10.0 Å². The van der Waals surface area contributed by atoms with Crippen LogP contribution in [0.25, 0.3) is 0 Å². The number of rotatable bonds is 5. The van der Waals surface area contributed by atoms with E-state index in [0.717, 1.165) is 0 Å². The van der Waals surface area contributed by atoms with E-state index in [2.05, 4.69) is 4.72 Å². The number of benzene rings is 1. The van der Waals surface area contributed by atoms with Crippen molar-refractivity contribution in [3.63, 3.8) is 0 Å². The lowest BCUT2D eigenvalue weighted by Crippen LogP contribution is -2.29. The van der Waals surface area contributed by atoms with E-state index in [9.17, 15) is 18.5 Å². The van der Waals surface area contributed by atoms with Gasteiger partial charge in [-0.15, -0.1) is 0 Å². The van der Waals surface area contributed by atoms with E-state index in [-0.39, 0.29) is 23.7 Å². The second-order valence-electron chi connectivity index (χ2n) is 3.39. The zero-order valence-corrected chi connectivity index (χ0v) is 10.0. The largest absolute Gasteiger partial charge is 0.329 e. The van der Waals surface area contributed by atoms with Gasteiger partial charge in [0.05, 0.1) is 9.82 Å². The molecule has 8 heteroatoms. The Bertz CT molecular complexity index is 527. The van der Waals surface area contributed by atoms with E-state index in [1.165, 1.54) is 25.1 Å². The number of nitrogens with zero attached hydrogens (tertiary/aromatic N) is 1. The summed E-state index contributed by atoms with van der Waals surface area (Å²) in [5, 5.41) is 10.6. The molecule has 94 valence electrons. The Balaban J connectivity index is 3.09. The monoisotopic (exact) mass is 259 g/mol. The molecule has 0 spiro atoms. The lowest BCUT2D eigenvalue weighted by atomic mass is 10.2. The minimum absolute atomic E-state index is 0.00551. The predicted octanol–water partition coefficient (Wildman–Crippen LogP) is 0.140. The molecule has 0 fully saturated rings. The number of hydrogen-bond donors (Lipinski definition) is 2. The summed E-state index contributed by atoms with van der Waals surface area (Å²) in [4.78, 5) is 10.0. The van der Waals surface area contributed by atoms with Gasteiger partial charge in [-0.3, -0.25) is 10.1 Å². The van der Waals surface area contributed by atoms with E-state index in [4.69, 9.17) is 5.73 Å². The third-order valence-corrected chi connectivity index (χ3v) is 3.57. The zero-order chi connectivity index (χ0) is 13.1. The second-order valence-corrected chi connectivity index (χ2v) is 5.16. The molecular weight excluding hydrogens is 246 g/mol. The molecule has 0 aliphatic rings. The molecule has 1 aromatic carbocycles. The molecule has 1 rings (SSSR count). The summed E-state index contributed by atoms with van der Waals surface area (Å²) >= 11 is 0. The van der Waals surface area contributed by atoms with Crippen LogP contribution in [0.5, 0.6) is 0 Å². The topological polar surface area (TPSA) is 115 Å². The smallest absolute Gasteiger partial charge is 0.272 e. The Morgan fingerprint density at radius 1 is 1.47 bits per heavy atom. The van der Waals surface area contributed by atoms with Gasteiger partial charge in [0, 0.05) is 24.7 Å². The van der Waals surface area contributed by atoms with Gasteiger partial charge in [0.25, 0.3) is 5.69 Å². The molecule has 0 saturated carbocycles. The molecule has 0 saturated heterocycles. The van der Waals surface area contributed by atoms with E-state index in [0.29, 0.717) is 5.56 Å². The van der Waals surface area contributed by atoms with Crippen molar-refractivity contribution in [2.45, 2.75) is 11.8 Å². The average Bonchev–Trinajstić information content (AvgIpc) is 2.25. The van der Waals surface area contributed by atoms with Gasteiger partial charge in [-0.05, 0) is 19.1 Å². The van der Waals surface area contributed by atoms with Crippen LogP contribution in [0.1, 0.15) is 5.56 Å². The molecule has 0 aliphatic carbocycles. The predicted molar refractivity (Wildman–Crippen MR) is 62.1 cm³/mol. The molecule has 0 heterocycles. The van der Waals surface area contributed by atoms with Gasteiger partial charge < -0.3 is 5.73 Å². The molecule has 0 amide bonds. The Kier molecular flexibility index (Phi) is 4.16. The SMILES string of the molecule is Cc1cc(S(=O)(=O)NCCN)ccc1[N+](=O)[O-]. The third kappa shape index (κ3) is 3.22. The number of sulfonamides is 1. The minimum Gasteiger partial charge on any atom is -0.329 e. The molecule has 3 N–H and O–H groups in total. The zero-order valence-electron chi connectivity index (χ0n) is 9.21. The maximum absolute atomic E-state index is 11.7. The minimum atomic E-state index is -3.64. The van der Waals surface area contributed by atoms with E-state index in [1.54, 1.807) is 0 Å². The first-order chi connectivity index (χ1) is 7.88. The molecule has 0 unspecified atom stereocenters. The van der Waals surface area contributed by atoms with Crippen molar-refractivity contribution < 1.29 is 13.3 Å². The molecule has 0 atom stereocenters. The fourth-order valence-corrected chi connectivity index (χ4v) is 2.41. The van der Waals surface area contributed by atoms with Crippen molar-refractivity contribution in [3.05, 3.63) is 33.9 Å². The van der Waals surface area contributed by atoms with Crippen LogP contribution in [0, 0.1) is 17.0 Å². The Hall–Kier alpha value is -1.51. The highest BCUT2D eigenvalue weighted by Crippen LogP contribution is 2.21. The van der Waals surface area contributed by atoms with Gasteiger partial charge in [0.15, 0.2) is 0 Å². The van der Waals surface area contributed by atoms with Gasteiger partial charge in [-0.2, -0.15) is 0 Å². The molecule has 0 bridgehead atoms. The summed E-state index contributed by atoms with van der Waals surface area (Å²) < 4.78 is 25.7. The number of nitrogens with one attached hydrogen (secondary N) is 1. The van der Waals surface area contributed by atoms with E-state index < -0.39 is 14.9 Å². The van der Waals surface area contributed by atoms with Gasteiger partial charge in [0.2, 0.25) is 10.0 Å². The second kappa shape index (κ2) is 5.21. The molecule has 17 heavy (non-hydrogen) atoms. The molecule has 0 radical (unpaired) electrons. The van der Waals surface area contributed by atoms with Crippen molar-refractivity contribution in [1.29, 1.82) is 0 Å². The Labute approximate surface area is 98.8 Å². The maximum atomic E-state index is 11.7. The van der Waals surface area contributed by atoms with Crippen LogP contribution in [0.3, 0.4) is 0 Å². The van der Waals surface area contributed by atoms with Crippen molar-refractivity contribution in [1.82, 2.24) is 4.72 Å². The first-order valence-electron chi connectivity index (χ1n) is 4.83. The van der Waals surface area contributed by atoms with Gasteiger partial charge in [-0.25, -0.2) is 13.1 Å². The average molecular weight is 259 g/mol. The number of hydrogen-bond acceptors (Lipinski definition) is 5. The van der Waals surface area contributed by atoms with Crippen LogP contribution in [0.2, 0.25) is 0 Å². The van der Waals surface area contributed by atoms with Crippen molar-refractivity contribution in [2.75, 3.05) is 13.1 Å². The summed E-state index contributed by atoms with van der Waals surface area (Å²) in [6, 6.07) is 3.63. The fraction of sp³-hybridized carbons (Fsp3) is 0.333. The van der Waals surface area contributed by atoms with Gasteiger partial charge in [0.1, 0.15) is 0 Å². The highest BCUT2D eigenvalue weighted by molar-refractivity contribution is 7.89. The van der Waals surface area contributed by atoms with Crippen molar-refractivity contribution in [3.8, 4) is 0 Å². The van der Waals surface area contributed by atoms with Gasteiger partial charge >= 0.3 is 0 Å². The molecule has 1 aromatic rings. The molecule has 0 aromatic heterocycles. The summed E-state index contributed by atoms with van der Waals surface area (Å²) in [6.07, 6.45) is 0. The van der Waals surface area contributed by atoms with E-state index >= 15 is 0 Å². The summed E-state index contributed by atoms with van der Waals surface area (Å²) in [5.74, 6) is 0. The fourth-order valence-electron chi connectivity index (χ4n) is 1.28. The number of nitro groups is 1. The highest BCUT2D eigenvalue weighted by atomic mass is 32.2. The van der Waals surface area contributed by atoms with Crippen LogP contribution in [0.15, 0.2) is 23.1 Å². The first kappa shape index (κ1) is 13.6. The summed E-state index contributed by atoms with van der Waals surface area (Å²) in [5.41, 5.74) is 5.38. The van der Waals surface area contributed by atoms with Crippen LogP contribution in [-0.4, -0.2) is 26.4 Å². The standard InChI is InChI=1S/C9H13N3O4S/c1-7-6-8(2-3-9(7)12(13)14)17(15,16)11-5-4-10/h2-3,6,11H,4-5,10H2,1H3. The Morgan fingerprint density at radius 3 is 2.59 bits per heavy atom. The maximum Gasteiger partial charge on any atom is 0.272 e. The lowest BCUT2D eigenvalue weighted by molar-refractivity contribution is -0.385. The Morgan fingerprint density at radius 2 is 2.12 bits per heavy atom. The van der Waals surface area contributed by atoms with E-state index in [1.807, 2.05) is 0 Å². The van der Waals surface area contributed by atoms with Crippen LogP contribution in [0.4, 0.5) is 5.69 Å². The third-order valence-electron chi connectivity index (χ3n) is 2.11. The van der Waals surface area contributed by atoms with Crippen molar-refractivity contribution in [2.24, 2.45) is 5.73 Å². The molecule has 7 nitrogen and oxygen atoms in total. The molecule has 0 aliphatic heterocycles. The summed E-state index contributed by atoms with van der Waals surface area (Å²) in [6.45, 7) is 1.80.